The Labute approximate surface area is 232 Å². The summed E-state index contributed by atoms with van der Waals surface area (Å²) in [5.74, 6) is 0.837. The highest BCUT2D eigenvalue weighted by atomic mass is 35.5. The largest absolute Gasteiger partial charge is 0.368 e. The van der Waals surface area contributed by atoms with E-state index in [2.05, 4.69) is 53.2 Å². The monoisotopic (exact) mass is 546 g/mol. The van der Waals surface area contributed by atoms with Crippen molar-refractivity contribution in [3.8, 4) is 0 Å². The number of anilines is 4. The maximum atomic E-state index is 13.9. The van der Waals surface area contributed by atoms with Gasteiger partial charge in [0.25, 0.3) is 5.91 Å². The lowest BCUT2D eigenvalue weighted by molar-refractivity contribution is 0.0948. The molecule has 0 radical (unpaired) electrons. The van der Waals surface area contributed by atoms with E-state index < -0.39 is 11.0 Å². The van der Waals surface area contributed by atoms with Crippen LogP contribution in [-0.2, 0) is 11.3 Å². The number of carbonyl (C=O) groups is 1. The lowest BCUT2D eigenvalue weighted by Crippen LogP contribution is -2.55. The van der Waals surface area contributed by atoms with Gasteiger partial charge in [0, 0.05) is 32.9 Å². The Morgan fingerprint density at radius 2 is 1.71 bits per heavy atom. The smallest absolute Gasteiger partial charge is 0.258 e. The number of alkyl halides is 1. The van der Waals surface area contributed by atoms with Crippen molar-refractivity contribution in [3.05, 3.63) is 100 Å². The van der Waals surface area contributed by atoms with Gasteiger partial charge in [-0.2, -0.15) is 15.0 Å². The highest BCUT2D eigenvalue weighted by Crippen LogP contribution is 2.51. The second-order valence-electron chi connectivity index (χ2n) is 10.3. The zero-order valence-corrected chi connectivity index (χ0v) is 22.9. The normalized spacial score (nSPS) is 18.1. The zero-order valence-electron chi connectivity index (χ0n) is 21.4. The van der Waals surface area contributed by atoms with E-state index in [-0.39, 0.29) is 17.7 Å². The molecule has 0 bridgehead atoms. The molecule has 4 aromatic rings. The van der Waals surface area contributed by atoms with E-state index in [1.165, 1.54) is 0 Å². The molecule has 194 valence electrons. The summed E-state index contributed by atoms with van der Waals surface area (Å²) >= 11 is 12.2. The molecule has 1 aliphatic rings. The third-order valence-electron chi connectivity index (χ3n) is 7.00. The molecule has 2 heterocycles. The van der Waals surface area contributed by atoms with Gasteiger partial charge in [-0.25, -0.2) is 0 Å². The Hall–Kier alpha value is -3.68. The third-order valence-corrected chi connectivity index (χ3v) is 7.49. The Morgan fingerprint density at radius 3 is 2.39 bits per heavy atom. The van der Waals surface area contributed by atoms with Crippen molar-refractivity contribution in [3.63, 3.8) is 0 Å². The number of amides is 1. The molecule has 0 fully saturated rings. The number of halogens is 2. The van der Waals surface area contributed by atoms with Gasteiger partial charge >= 0.3 is 0 Å². The van der Waals surface area contributed by atoms with Gasteiger partial charge in [-0.3, -0.25) is 4.79 Å². The van der Waals surface area contributed by atoms with Crippen LogP contribution < -0.4 is 16.0 Å². The second kappa shape index (κ2) is 9.89. The van der Waals surface area contributed by atoms with Crippen molar-refractivity contribution in [1.29, 1.82) is 0 Å². The average molecular weight is 547 g/mol. The Balaban J connectivity index is 1.66. The number of aromatic nitrogens is 3. The molecule has 1 aromatic heterocycles. The number of nitrogens with two attached hydrogens (primary N) is 1. The first-order valence-corrected chi connectivity index (χ1v) is 13.2. The van der Waals surface area contributed by atoms with E-state index in [0.29, 0.717) is 28.8 Å². The number of carbonyl (C=O) groups excluding carboxylic acids is 1. The highest BCUT2D eigenvalue weighted by molar-refractivity contribution is 6.30. The molecule has 9 heteroatoms. The topological polar surface area (TPSA) is 97.0 Å². The van der Waals surface area contributed by atoms with Crippen LogP contribution in [0.3, 0.4) is 0 Å². The van der Waals surface area contributed by atoms with Crippen molar-refractivity contribution in [2.24, 2.45) is 0 Å². The van der Waals surface area contributed by atoms with E-state index >= 15 is 0 Å². The zero-order chi connectivity index (χ0) is 27.1. The lowest BCUT2D eigenvalue weighted by atomic mass is 9.65. The molecule has 3 aromatic carbocycles. The fourth-order valence-corrected chi connectivity index (χ4v) is 5.71. The number of fused-ring (bicyclic) bond motifs is 1. The predicted octanol–water partition coefficient (Wildman–Crippen LogP) is 6.72. The van der Waals surface area contributed by atoms with Crippen LogP contribution in [0.15, 0.2) is 72.8 Å². The molecule has 1 atom stereocenters. The summed E-state index contributed by atoms with van der Waals surface area (Å²) in [6.45, 7) is 6.42. The van der Waals surface area contributed by atoms with E-state index in [4.69, 9.17) is 28.9 Å². The van der Waals surface area contributed by atoms with Gasteiger partial charge in [0.1, 0.15) is 0 Å². The quantitative estimate of drug-likeness (QED) is 0.269. The lowest BCUT2D eigenvalue weighted by Gasteiger charge is -2.51. The van der Waals surface area contributed by atoms with Crippen molar-refractivity contribution in [2.75, 3.05) is 16.0 Å². The average Bonchev–Trinajstić information content (AvgIpc) is 2.89. The van der Waals surface area contributed by atoms with Gasteiger partial charge in [0.15, 0.2) is 5.82 Å². The number of nitrogens with one attached hydrogen (secondary N) is 1. The number of nitrogens with zero attached hydrogens (tertiary/aromatic N) is 4. The fraction of sp³-hybridized carbons (Fsp3) is 0.241. The molecule has 1 aliphatic heterocycles. The molecule has 1 unspecified atom stereocenters. The third kappa shape index (κ3) is 4.79. The van der Waals surface area contributed by atoms with Crippen LogP contribution in [0.25, 0.3) is 0 Å². The number of rotatable bonds is 5. The van der Waals surface area contributed by atoms with Crippen LogP contribution in [0.4, 0.5) is 23.3 Å². The fourth-order valence-electron chi connectivity index (χ4n) is 5.47. The summed E-state index contributed by atoms with van der Waals surface area (Å²) < 4.78 is 0. The van der Waals surface area contributed by atoms with Crippen LogP contribution in [0.5, 0.6) is 0 Å². The van der Waals surface area contributed by atoms with Gasteiger partial charge in [-0.1, -0.05) is 48.9 Å². The summed E-state index contributed by atoms with van der Waals surface area (Å²) in [4.78, 5) is 28.4. The van der Waals surface area contributed by atoms with E-state index in [9.17, 15) is 4.79 Å². The van der Waals surface area contributed by atoms with E-state index in [1.807, 2.05) is 65.6 Å². The molecule has 1 amide bonds. The summed E-state index contributed by atoms with van der Waals surface area (Å²) in [7, 11) is 0. The van der Waals surface area contributed by atoms with Crippen LogP contribution in [0, 0.1) is 0 Å². The van der Waals surface area contributed by atoms with Gasteiger partial charge in [0.2, 0.25) is 11.9 Å². The van der Waals surface area contributed by atoms with Crippen molar-refractivity contribution in [2.45, 2.75) is 44.0 Å². The molecule has 0 aliphatic carbocycles. The molecule has 0 saturated heterocycles. The Morgan fingerprint density at radius 1 is 1.00 bits per heavy atom. The Bertz CT molecular complexity index is 1490. The van der Waals surface area contributed by atoms with Gasteiger partial charge in [-0.05, 0) is 73.9 Å². The highest BCUT2D eigenvalue weighted by Gasteiger charge is 2.48. The number of nitrogen functional groups attached to an aromatic ring is 1. The minimum Gasteiger partial charge on any atom is -0.368 e. The standard InChI is InChI=1S/C29H28Cl2N6O/c1-28(2)17-29(3,19-9-11-20(31)12-10-19)22-15-21(33-27-35-24(16-30)34-26(32)36-27)13-14-23(22)37(28)25(38)18-7-5-4-6-8-18/h4-15H,16-17H2,1-3H3,(H3,32,33,34,35,36). The number of hydrogen-bond acceptors (Lipinski definition) is 6. The van der Waals surface area contributed by atoms with E-state index in [1.54, 1.807) is 0 Å². The molecule has 7 nitrogen and oxygen atoms in total. The SMILES string of the molecule is CC1(c2ccc(Cl)cc2)CC(C)(C)N(C(=O)c2ccccc2)c2ccc(Nc3nc(N)nc(CCl)n3)cc21. The molecular weight excluding hydrogens is 519 g/mol. The summed E-state index contributed by atoms with van der Waals surface area (Å²) in [6, 6.07) is 23.2. The molecule has 38 heavy (non-hydrogen) atoms. The van der Waals surface area contributed by atoms with Crippen LogP contribution in [0.2, 0.25) is 5.02 Å². The predicted molar refractivity (Wildman–Crippen MR) is 153 cm³/mol. The minimum atomic E-state index is -0.485. The number of benzene rings is 3. The molecule has 0 spiro atoms. The molecule has 0 saturated carbocycles. The summed E-state index contributed by atoms with van der Waals surface area (Å²) in [5.41, 5.74) is 9.27. The molecule has 3 N–H and O–H groups in total. The van der Waals surface area contributed by atoms with E-state index in [0.717, 1.165) is 22.5 Å². The van der Waals surface area contributed by atoms with Crippen molar-refractivity contribution in [1.82, 2.24) is 15.0 Å². The van der Waals surface area contributed by atoms with Crippen LogP contribution >= 0.6 is 23.2 Å². The van der Waals surface area contributed by atoms with Crippen molar-refractivity contribution >= 4 is 52.4 Å². The van der Waals surface area contributed by atoms with Gasteiger partial charge < -0.3 is 16.0 Å². The first-order valence-electron chi connectivity index (χ1n) is 12.2. The minimum absolute atomic E-state index is 0.0484. The maximum absolute atomic E-state index is 13.9. The summed E-state index contributed by atoms with van der Waals surface area (Å²) in [5, 5.41) is 3.91. The Kier molecular flexibility index (Phi) is 6.75. The number of hydrogen-bond donors (Lipinski definition) is 2. The van der Waals surface area contributed by atoms with Crippen LogP contribution in [-0.4, -0.2) is 26.4 Å². The molecular formula is C29H28Cl2N6O. The van der Waals surface area contributed by atoms with Gasteiger partial charge in [0.05, 0.1) is 5.88 Å². The maximum Gasteiger partial charge on any atom is 0.258 e. The van der Waals surface area contributed by atoms with Crippen LogP contribution in [0.1, 0.15) is 54.5 Å². The first kappa shape index (κ1) is 25.9. The van der Waals surface area contributed by atoms with Gasteiger partial charge in [-0.15, -0.1) is 11.6 Å². The molecule has 5 rings (SSSR count). The first-order chi connectivity index (χ1) is 18.1. The van der Waals surface area contributed by atoms with Crippen molar-refractivity contribution < 1.29 is 4.79 Å². The second-order valence-corrected chi connectivity index (χ2v) is 11.0. The summed E-state index contributed by atoms with van der Waals surface area (Å²) in [6.07, 6.45) is 0.686.